The topological polar surface area (TPSA) is 92.5 Å². The molecule has 0 spiro atoms. The number of sulfonamides is 1. The number of carbonyl (C=O) groups is 1. The monoisotopic (exact) mass is 339 g/mol. The first-order chi connectivity index (χ1) is 11.0. The van der Waals surface area contributed by atoms with Crippen molar-refractivity contribution in [2.24, 2.45) is 5.73 Å². The van der Waals surface area contributed by atoms with Gasteiger partial charge in [-0.3, -0.25) is 4.79 Å². The number of piperidine rings is 1. The lowest BCUT2D eigenvalue weighted by Gasteiger charge is -2.25. The molecule has 3 N–H and O–H groups in total. The molecular weight excluding hydrogens is 314 g/mol. The van der Waals surface area contributed by atoms with Gasteiger partial charge in [-0.1, -0.05) is 18.6 Å². The van der Waals surface area contributed by atoms with Crippen molar-refractivity contribution in [2.45, 2.75) is 37.0 Å². The molecule has 1 fully saturated rings. The van der Waals surface area contributed by atoms with Crippen LogP contribution in [0.4, 0.5) is 0 Å². The lowest BCUT2D eigenvalue weighted by atomic mass is 10.1. The van der Waals surface area contributed by atoms with Crippen LogP contribution in [0, 0.1) is 0 Å². The zero-order chi connectivity index (χ0) is 16.7. The van der Waals surface area contributed by atoms with Gasteiger partial charge in [0.1, 0.15) is 0 Å². The van der Waals surface area contributed by atoms with E-state index in [1.807, 2.05) is 0 Å². The summed E-state index contributed by atoms with van der Waals surface area (Å²) < 4.78 is 26.6. The number of nitrogens with one attached hydrogen (secondary N) is 1. The van der Waals surface area contributed by atoms with E-state index in [1.54, 1.807) is 28.6 Å². The molecule has 0 aliphatic carbocycles. The van der Waals surface area contributed by atoms with Gasteiger partial charge >= 0.3 is 0 Å². The second kappa shape index (κ2) is 8.42. The van der Waals surface area contributed by atoms with Crippen molar-refractivity contribution in [2.75, 3.05) is 26.2 Å². The summed E-state index contributed by atoms with van der Waals surface area (Å²) in [6.45, 7) is 2.11. The predicted octanol–water partition coefficient (Wildman–Crippen LogP) is 0.869. The fourth-order valence-corrected chi connectivity index (χ4v) is 4.16. The van der Waals surface area contributed by atoms with Crippen LogP contribution >= 0.6 is 0 Å². The Morgan fingerprint density at radius 3 is 2.39 bits per heavy atom. The van der Waals surface area contributed by atoms with Crippen molar-refractivity contribution >= 4 is 15.9 Å². The first kappa shape index (κ1) is 17.9. The van der Waals surface area contributed by atoms with E-state index in [0.29, 0.717) is 43.9 Å². The summed E-state index contributed by atoms with van der Waals surface area (Å²) in [7, 11) is -3.38. The molecule has 0 atom stereocenters. The summed E-state index contributed by atoms with van der Waals surface area (Å²) in [6.07, 6.45) is 3.90. The standard InChI is InChI=1S/C16H25N3O3S/c17-10-11-18-16(20)9-6-14-4-7-15(8-5-14)23(21,22)19-12-2-1-3-13-19/h4-5,7-8H,1-3,6,9-13,17H2,(H,18,20). The largest absolute Gasteiger partial charge is 0.355 e. The minimum absolute atomic E-state index is 0.0412. The van der Waals surface area contributed by atoms with Gasteiger partial charge in [-0.2, -0.15) is 4.31 Å². The molecule has 128 valence electrons. The number of aryl methyl sites for hydroxylation is 1. The second-order valence-electron chi connectivity index (χ2n) is 5.75. The first-order valence-electron chi connectivity index (χ1n) is 8.10. The lowest BCUT2D eigenvalue weighted by molar-refractivity contribution is -0.121. The molecule has 1 saturated heterocycles. The van der Waals surface area contributed by atoms with Crippen LogP contribution in [-0.2, 0) is 21.2 Å². The quantitative estimate of drug-likeness (QED) is 0.771. The molecule has 0 bridgehead atoms. The molecule has 1 amide bonds. The fraction of sp³-hybridized carbons (Fsp3) is 0.562. The number of hydrogen-bond donors (Lipinski definition) is 2. The molecule has 1 aromatic rings. The van der Waals surface area contributed by atoms with Crippen molar-refractivity contribution in [3.63, 3.8) is 0 Å². The Balaban J connectivity index is 1.94. The van der Waals surface area contributed by atoms with Crippen molar-refractivity contribution in [3.8, 4) is 0 Å². The summed E-state index contributed by atoms with van der Waals surface area (Å²) in [4.78, 5) is 11.9. The second-order valence-corrected chi connectivity index (χ2v) is 7.69. The molecule has 1 aromatic carbocycles. The minimum Gasteiger partial charge on any atom is -0.355 e. The maximum absolute atomic E-state index is 12.5. The third-order valence-corrected chi connectivity index (χ3v) is 5.90. The summed E-state index contributed by atoms with van der Waals surface area (Å²) >= 11 is 0. The van der Waals surface area contributed by atoms with Crippen LogP contribution < -0.4 is 11.1 Å². The van der Waals surface area contributed by atoms with Gasteiger partial charge in [0.05, 0.1) is 4.90 Å². The molecule has 7 heteroatoms. The van der Waals surface area contributed by atoms with E-state index in [4.69, 9.17) is 5.73 Å². The van der Waals surface area contributed by atoms with Gasteiger partial charge in [0.2, 0.25) is 15.9 Å². The van der Waals surface area contributed by atoms with Gasteiger partial charge < -0.3 is 11.1 Å². The van der Waals surface area contributed by atoms with Crippen molar-refractivity contribution in [3.05, 3.63) is 29.8 Å². The maximum Gasteiger partial charge on any atom is 0.243 e. The highest BCUT2D eigenvalue weighted by atomic mass is 32.2. The smallest absolute Gasteiger partial charge is 0.243 e. The number of benzene rings is 1. The van der Waals surface area contributed by atoms with Crippen molar-refractivity contribution < 1.29 is 13.2 Å². The molecule has 1 aliphatic heterocycles. The number of nitrogens with zero attached hydrogens (tertiary/aromatic N) is 1. The van der Waals surface area contributed by atoms with Crippen molar-refractivity contribution in [1.82, 2.24) is 9.62 Å². The van der Waals surface area contributed by atoms with Gasteiger partial charge in [-0.15, -0.1) is 0 Å². The zero-order valence-corrected chi connectivity index (χ0v) is 14.1. The minimum atomic E-state index is -3.38. The van der Waals surface area contributed by atoms with Crippen molar-refractivity contribution in [1.29, 1.82) is 0 Å². The summed E-state index contributed by atoms with van der Waals surface area (Å²) in [5.41, 5.74) is 6.28. The van der Waals surface area contributed by atoms with Crippen LogP contribution in [0.1, 0.15) is 31.2 Å². The van der Waals surface area contributed by atoms with Gasteiger partial charge in [0.25, 0.3) is 0 Å². The Kier molecular flexibility index (Phi) is 6.56. The SMILES string of the molecule is NCCNC(=O)CCc1ccc(S(=O)(=O)N2CCCCC2)cc1. The van der Waals surface area contributed by atoms with Crippen LogP contribution in [-0.4, -0.2) is 44.8 Å². The molecule has 6 nitrogen and oxygen atoms in total. The number of amides is 1. The molecular formula is C16H25N3O3S. The maximum atomic E-state index is 12.5. The number of rotatable bonds is 7. The van der Waals surface area contributed by atoms with E-state index in [9.17, 15) is 13.2 Å². The summed E-state index contributed by atoms with van der Waals surface area (Å²) in [6, 6.07) is 6.84. The first-order valence-corrected chi connectivity index (χ1v) is 9.54. The number of carbonyl (C=O) groups excluding carboxylic acids is 1. The normalized spacial score (nSPS) is 16.2. The lowest BCUT2D eigenvalue weighted by Crippen LogP contribution is -2.35. The van der Waals surface area contributed by atoms with Gasteiger partial charge in [0.15, 0.2) is 0 Å². The highest BCUT2D eigenvalue weighted by molar-refractivity contribution is 7.89. The van der Waals surface area contributed by atoms with Crippen LogP contribution in [0.5, 0.6) is 0 Å². The molecule has 0 aromatic heterocycles. The highest BCUT2D eigenvalue weighted by Gasteiger charge is 2.25. The Labute approximate surface area is 138 Å². The summed E-state index contributed by atoms with van der Waals surface area (Å²) in [5.74, 6) is -0.0412. The predicted molar refractivity (Wildman–Crippen MR) is 89.4 cm³/mol. The summed E-state index contributed by atoms with van der Waals surface area (Å²) in [5, 5.41) is 2.71. The number of nitrogens with two attached hydrogens (primary N) is 1. The molecule has 0 radical (unpaired) electrons. The number of hydrogen-bond acceptors (Lipinski definition) is 4. The van der Waals surface area contributed by atoms with E-state index in [1.165, 1.54) is 0 Å². The highest BCUT2D eigenvalue weighted by Crippen LogP contribution is 2.21. The van der Waals surface area contributed by atoms with Crippen LogP contribution in [0.25, 0.3) is 0 Å². The Bertz CT molecular complexity index is 608. The van der Waals surface area contributed by atoms with Gasteiger partial charge in [-0.25, -0.2) is 8.42 Å². The van der Waals surface area contributed by atoms with Crippen LogP contribution in [0.3, 0.4) is 0 Å². The van der Waals surface area contributed by atoms with Gasteiger partial charge in [-0.05, 0) is 37.0 Å². The molecule has 0 unspecified atom stereocenters. The third-order valence-electron chi connectivity index (χ3n) is 3.98. The van der Waals surface area contributed by atoms with E-state index >= 15 is 0 Å². The molecule has 0 saturated carbocycles. The Morgan fingerprint density at radius 2 is 1.78 bits per heavy atom. The zero-order valence-electron chi connectivity index (χ0n) is 13.3. The van der Waals surface area contributed by atoms with Gasteiger partial charge in [0, 0.05) is 32.6 Å². The Morgan fingerprint density at radius 1 is 1.13 bits per heavy atom. The van der Waals surface area contributed by atoms with E-state index in [0.717, 1.165) is 24.8 Å². The third kappa shape index (κ3) is 5.02. The average Bonchev–Trinajstić information content (AvgIpc) is 2.59. The fourth-order valence-electron chi connectivity index (χ4n) is 2.64. The molecule has 2 rings (SSSR count). The van der Waals surface area contributed by atoms with Crippen LogP contribution in [0.15, 0.2) is 29.2 Å². The molecule has 1 heterocycles. The average molecular weight is 339 g/mol. The Hall–Kier alpha value is -1.44. The van der Waals surface area contributed by atoms with E-state index in [2.05, 4.69) is 5.32 Å². The van der Waals surface area contributed by atoms with E-state index in [-0.39, 0.29) is 5.91 Å². The van der Waals surface area contributed by atoms with E-state index < -0.39 is 10.0 Å². The molecule has 1 aliphatic rings. The molecule has 23 heavy (non-hydrogen) atoms. The van der Waals surface area contributed by atoms with Crippen LogP contribution in [0.2, 0.25) is 0 Å².